The molecule has 0 aromatic carbocycles. The van der Waals surface area contributed by atoms with Gasteiger partial charge in [0.25, 0.3) is 0 Å². The van der Waals surface area contributed by atoms with Gasteiger partial charge in [-0.15, -0.1) is 0 Å². The van der Waals surface area contributed by atoms with E-state index in [0.29, 0.717) is 51.4 Å². The van der Waals surface area contributed by atoms with Crippen molar-refractivity contribution < 1.29 is 119 Å². The molecule has 0 radical (unpaired) electrons. The SMILES string of the molecule is CC1(C)CCC2(C(=O)OC3OC(CO)C(O)C(O)C3O)CCC3(C)C(=CCC4C5(C)CCC(OC6OC(CO)C(OC7OC(CO)C(O)C(O)C7O)C(O)C6OC6OC(CO)C(O)C(O)C6O)C(C)(CO)C5CCC43C)C2C1. The van der Waals surface area contributed by atoms with Gasteiger partial charge in [-0.05, 0) is 104 Å². The lowest BCUT2D eigenvalue weighted by Crippen LogP contribution is -2.68. The van der Waals surface area contributed by atoms with E-state index in [0.717, 1.165) is 12.8 Å². The summed E-state index contributed by atoms with van der Waals surface area (Å²) in [6, 6.07) is 0. The van der Waals surface area contributed by atoms with Gasteiger partial charge in [-0.2, -0.15) is 0 Å². The molecule has 4 saturated heterocycles. The Balaban J connectivity index is 0.990. The number of aliphatic hydroxyl groups is 15. The van der Waals surface area contributed by atoms with Crippen LogP contribution in [0.1, 0.15) is 106 Å². The summed E-state index contributed by atoms with van der Waals surface area (Å²) >= 11 is 0. The van der Waals surface area contributed by atoms with Gasteiger partial charge in [0.1, 0.15) is 97.7 Å². The second-order valence-electron chi connectivity index (χ2n) is 26.1. The van der Waals surface area contributed by atoms with Crippen LogP contribution in [0.25, 0.3) is 0 Å². The molecule has 24 heteroatoms. The van der Waals surface area contributed by atoms with Crippen molar-refractivity contribution in [2.24, 2.45) is 50.2 Å². The molecule has 0 aromatic heterocycles. The molecule has 15 N–H and O–H groups in total. The van der Waals surface area contributed by atoms with Gasteiger partial charge in [0, 0.05) is 5.41 Å². The Hall–Kier alpha value is -1.67. The molecule has 0 aromatic rings. The number of ether oxygens (including phenoxy) is 8. The molecule has 9 rings (SSSR count). The molecule has 29 unspecified atom stereocenters. The first-order valence-corrected chi connectivity index (χ1v) is 28.0. The second-order valence-corrected chi connectivity index (χ2v) is 26.1. The molecule has 24 nitrogen and oxygen atoms in total. The highest BCUT2D eigenvalue weighted by Gasteiger charge is 2.71. The highest BCUT2D eigenvalue weighted by molar-refractivity contribution is 5.79. The summed E-state index contributed by atoms with van der Waals surface area (Å²) in [5, 5.41) is 161. The maximum absolute atomic E-state index is 14.8. The largest absolute Gasteiger partial charge is 0.432 e. The van der Waals surface area contributed by atoms with Crippen LogP contribution in [-0.2, 0) is 42.7 Å². The molecular formula is C54H88O24. The third-order valence-electron chi connectivity index (χ3n) is 21.6. The minimum Gasteiger partial charge on any atom is -0.432 e. The van der Waals surface area contributed by atoms with Gasteiger partial charge in [0.15, 0.2) is 18.9 Å². The number of hydrogen-bond donors (Lipinski definition) is 15. The van der Waals surface area contributed by atoms with Crippen molar-refractivity contribution in [1.82, 2.24) is 0 Å². The normalized spacial score (nSPS) is 54.1. The Kier molecular flexibility index (Phi) is 17.5. The van der Waals surface area contributed by atoms with Crippen LogP contribution in [0, 0.1) is 50.2 Å². The van der Waals surface area contributed by atoms with Crippen molar-refractivity contribution >= 4 is 5.97 Å². The lowest BCUT2D eigenvalue weighted by molar-refractivity contribution is -0.396. The van der Waals surface area contributed by atoms with E-state index in [4.69, 9.17) is 37.9 Å². The van der Waals surface area contributed by atoms with E-state index in [1.807, 2.05) is 6.92 Å². The number of fused-ring (bicyclic) bond motifs is 7. The van der Waals surface area contributed by atoms with Crippen molar-refractivity contribution in [3.8, 4) is 0 Å². The van der Waals surface area contributed by atoms with E-state index < -0.39 is 183 Å². The molecule has 448 valence electrons. The molecule has 0 amide bonds. The van der Waals surface area contributed by atoms with Crippen molar-refractivity contribution in [2.75, 3.05) is 33.0 Å². The predicted molar refractivity (Wildman–Crippen MR) is 264 cm³/mol. The first-order chi connectivity index (χ1) is 36.6. The Morgan fingerprint density at radius 2 is 1.03 bits per heavy atom. The summed E-state index contributed by atoms with van der Waals surface area (Å²) in [5.74, 6) is -0.887. The Bertz CT molecular complexity index is 2130. The molecule has 78 heavy (non-hydrogen) atoms. The van der Waals surface area contributed by atoms with Gasteiger partial charge in [-0.3, -0.25) is 4.79 Å². The summed E-state index contributed by atoms with van der Waals surface area (Å²) in [4.78, 5) is 14.8. The third kappa shape index (κ3) is 9.76. The van der Waals surface area contributed by atoms with Crippen molar-refractivity contribution in [1.29, 1.82) is 0 Å². The van der Waals surface area contributed by atoms with E-state index in [9.17, 15) is 81.4 Å². The zero-order valence-electron chi connectivity index (χ0n) is 45.4. The van der Waals surface area contributed by atoms with Crippen LogP contribution < -0.4 is 0 Å². The first-order valence-electron chi connectivity index (χ1n) is 28.0. The molecule has 0 spiro atoms. The molecule has 8 fully saturated rings. The molecule has 0 bridgehead atoms. The fraction of sp³-hybridized carbons (Fsp3) is 0.944. The summed E-state index contributed by atoms with van der Waals surface area (Å²) < 4.78 is 48.3. The molecule has 4 saturated carbocycles. The van der Waals surface area contributed by atoms with Crippen LogP contribution in [-0.4, -0.2) is 245 Å². The summed E-state index contributed by atoms with van der Waals surface area (Å²) in [6.45, 7) is 9.83. The summed E-state index contributed by atoms with van der Waals surface area (Å²) in [6.07, 6.45) is -26.4. The van der Waals surface area contributed by atoms with E-state index in [1.54, 1.807) is 0 Å². The number of carbonyl (C=O) groups is 1. The maximum atomic E-state index is 14.8. The summed E-state index contributed by atoms with van der Waals surface area (Å²) in [7, 11) is 0. The number of carbonyl (C=O) groups excluding carboxylic acids is 1. The number of esters is 1. The average Bonchev–Trinajstić information content (AvgIpc) is 3.60. The van der Waals surface area contributed by atoms with Gasteiger partial charge in [-0.1, -0.05) is 53.2 Å². The van der Waals surface area contributed by atoms with E-state index in [2.05, 4.69) is 40.7 Å². The minimum atomic E-state index is -1.95. The third-order valence-corrected chi connectivity index (χ3v) is 21.6. The Labute approximate surface area is 453 Å². The van der Waals surface area contributed by atoms with Crippen LogP contribution in [0.3, 0.4) is 0 Å². The van der Waals surface area contributed by atoms with Gasteiger partial charge in [0.2, 0.25) is 6.29 Å². The minimum absolute atomic E-state index is 0.0728. The lowest BCUT2D eigenvalue weighted by atomic mass is 9.33. The van der Waals surface area contributed by atoms with Crippen LogP contribution in [0.15, 0.2) is 11.6 Å². The second kappa shape index (κ2) is 22.4. The quantitative estimate of drug-likeness (QED) is 0.0494. The fourth-order valence-electron chi connectivity index (χ4n) is 16.5. The first kappa shape index (κ1) is 60.9. The fourth-order valence-corrected chi connectivity index (χ4v) is 16.5. The maximum Gasteiger partial charge on any atom is 0.315 e. The van der Waals surface area contributed by atoms with E-state index >= 15 is 0 Å². The van der Waals surface area contributed by atoms with Gasteiger partial charge >= 0.3 is 5.97 Å². The number of aliphatic hydroxyl groups excluding tert-OH is 15. The predicted octanol–water partition coefficient (Wildman–Crippen LogP) is -3.06. The van der Waals surface area contributed by atoms with Crippen molar-refractivity contribution in [3.05, 3.63) is 11.6 Å². The molecule has 4 aliphatic heterocycles. The van der Waals surface area contributed by atoms with Crippen LogP contribution >= 0.6 is 0 Å². The summed E-state index contributed by atoms with van der Waals surface area (Å²) in [5.41, 5.74) is -2.03. The van der Waals surface area contributed by atoms with Crippen LogP contribution in [0.4, 0.5) is 0 Å². The topological polar surface area (TPSA) is 394 Å². The Morgan fingerprint density at radius 1 is 0.526 bits per heavy atom. The average molecular weight is 1120 g/mol. The highest BCUT2D eigenvalue weighted by atomic mass is 16.8. The zero-order chi connectivity index (χ0) is 57.0. The Morgan fingerprint density at radius 3 is 1.56 bits per heavy atom. The molecule has 5 aliphatic carbocycles. The number of hydrogen-bond acceptors (Lipinski definition) is 24. The number of rotatable bonds is 13. The van der Waals surface area contributed by atoms with E-state index in [-0.39, 0.29) is 35.2 Å². The lowest BCUT2D eigenvalue weighted by Gasteiger charge is -2.71. The number of allylic oxidation sites excluding steroid dienone is 2. The standard InChI is InChI=1S/C54H88O24/c1-49(2)13-15-54(48(70)78-46-40(68)37(65)34(62)27(20-57)73-46)16-14-52(5)23(24(54)17-49)7-8-30-50(3)11-10-31(51(4,22-59)29(50)9-12-53(30,52)6)75-47-43(77-45-39(67)36(64)33(61)26(19-56)72-45)41(69)42(28(21-58)74-47)76-44-38(66)35(63)32(60)25(18-55)71-44/h7,24-47,55-69H,8-22H2,1-6H3. The van der Waals surface area contributed by atoms with Crippen LogP contribution in [0.2, 0.25) is 0 Å². The molecular weight excluding hydrogens is 1030 g/mol. The van der Waals surface area contributed by atoms with Crippen LogP contribution in [0.5, 0.6) is 0 Å². The smallest absolute Gasteiger partial charge is 0.315 e. The van der Waals surface area contributed by atoms with Gasteiger partial charge in [-0.25, -0.2) is 0 Å². The molecule has 9 aliphatic rings. The zero-order valence-corrected chi connectivity index (χ0v) is 45.4. The highest BCUT2D eigenvalue weighted by Crippen LogP contribution is 2.76. The van der Waals surface area contributed by atoms with Crippen molar-refractivity contribution in [3.63, 3.8) is 0 Å². The van der Waals surface area contributed by atoms with Gasteiger partial charge < -0.3 is 114 Å². The van der Waals surface area contributed by atoms with Crippen molar-refractivity contribution in [2.45, 2.75) is 235 Å². The molecule has 29 atom stereocenters. The molecule has 4 heterocycles. The monoisotopic (exact) mass is 1120 g/mol. The van der Waals surface area contributed by atoms with Gasteiger partial charge in [0.05, 0.1) is 44.6 Å². The van der Waals surface area contributed by atoms with E-state index in [1.165, 1.54) is 5.57 Å².